The lowest BCUT2D eigenvalue weighted by Gasteiger charge is -2.31. The highest BCUT2D eigenvalue weighted by atomic mass is 16.4. The van der Waals surface area contributed by atoms with E-state index in [-0.39, 0.29) is 0 Å². The first-order valence-electron chi connectivity index (χ1n) is 7.30. The van der Waals surface area contributed by atoms with E-state index >= 15 is 0 Å². The van der Waals surface area contributed by atoms with Gasteiger partial charge in [0.2, 0.25) is 0 Å². The van der Waals surface area contributed by atoms with Gasteiger partial charge in [-0.3, -0.25) is 10.1 Å². The summed E-state index contributed by atoms with van der Waals surface area (Å²) in [6.45, 7) is 6.10. The summed E-state index contributed by atoms with van der Waals surface area (Å²) in [6.07, 6.45) is 6.68. The van der Waals surface area contributed by atoms with E-state index in [0.717, 1.165) is 25.9 Å². The number of nitrogens with zero attached hydrogens (tertiary/aromatic N) is 1. The molecule has 1 saturated heterocycles. The zero-order chi connectivity index (χ0) is 13.2. The fourth-order valence-electron chi connectivity index (χ4n) is 2.94. The minimum atomic E-state index is -0.748. The van der Waals surface area contributed by atoms with Gasteiger partial charge in [0.05, 0.1) is 0 Å². The topological polar surface area (TPSA) is 52.6 Å². The van der Waals surface area contributed by atoms with Crippen molar-refractivity contribution in [1.29, 1.82) is 0 Å². The molecular weight excluding hydrogens is 228 g/mol. The van der Waals surface area contributed by atoms with Gasteiger partial charge in [-0.05, 0) is 52.0 Å². The smallest absolute Gasteiger partial charge is 0.323 e. The van der Waals surface area contributed by atoms with Crippen LogP contribution in [0.1, 0.15) is 52.4 Å². The van der Waals surface area contributed by atoms with Crippen LogP contribution in [0.5, 0.6) is 0 Å². The molecule has 0 aromatic carbocycles. The molecule has 2 fully saturated rings. The van der Waals surface area contributed by atoms with Gasteiger partial charge >= 0.3 is 5.97 Å². The molecule has 1 aliphatic heterocycles. The number of rotatable bonds is 7. The molecule has 0 amide bonds. The van der Waals surface area contributed by atoms with Crippen molar-refractivity contribution in [3.8, 4) is 0 Å². The molecule has 0 radical (unpaired) electrons. The van der Waals surface area contributed by atoms with Gasteiger partial charge in [-0.1, -0.05) is 6.92 Å². The first-order valence-corrected chi connectivity index (χ1v) is 7.30. The van der Waals surface area contributed by atoms with E-state index in [1.807, 2.05) is 6.92 Å². The molecule has 0 aromatic heterocycles. The van der Waals surface area contributed by atoms with Gasteiger partial charge in [-0.25, -0.2) is 0 Å². The zero-order valence-electron chi connectivity index (χ0n) is 11.6. The lowest BCUT2D eigenvalue weighted by Crippen LogP contribution is -2.52. The molecule has 0 aromatic rings. The molecule has 4 nitrogen and oxygen atoms in total. The van der Waals surface area contributed by atoms with Crippen molar-refractivity contribution in [3.05, 3.63) is 0 Å². The highest BCUT2D eigenvalue weighted by molar-refractivity contribution is 5.78. The Kier molecular flexibility index (Phi) is 4.28. The van der Waals surface area contributed by atoms with Gasteiger partial charge in [0.15, 0.2) is 0 Å². The second kappa shape index (κ2) is 5.57. The number of nitrogens with one attached hydrogen (secondary N) is 1. The SMILES string of the molecule is CCC1CCCN1CCC(C)(NC1CC1)C(=O)O. The van der Waals surface area contributed by atoms with Crippen molar-refractivity contribution in [2.75, 3.05) is 13.1 Å². The third-order valence-electron chi connectivity index (χ3n) is 4.44. The number of hydrogen-bond donors (Lipinski definition) is 2. The molecule has 1 heterocycles. The highest BCUT2D eigenvalue weighted by Crippen LogP contribution is 2.26. The molecule has 1 saturated carbocycles. The van der Waals surface area contributed by atoms with Gasteiger partial charge < -0.3 is 10.0 Å². The highest BCUT2D eigenvalue weighted by Gasteiger charge is 2.39. The molecule has 4 heteroatoms. The predicted molar refractivity (Wildman–Crippen MR) is 71.7 cm³/mol. The first-order chi connectivity index (χ1) is 8.55. The van der Waals surface area contributed by atoms with Crippen molar-refractivity contribution in [2.24, 2.45) is 0 Å². The summed E-state index contributed by atoms with van der Waals surface area (Å²) in [4.78, 5) is 13.9. The molecule has 1 aliphatic carbocycles. The number of carboxylic acids is 1. The molecule has 2 rings (SSSR count). The summed E-state index contributed by atoms with van der Waals surface area (Å²) < 4.78 is 0. The number of carbonyl (C=O) groups is 1. The largest absolute Gasteiger partial charge is 0.480 e. The Morgan fingerprint density at radius 1 is 1.44 bits per heavy atom. The Hall–Kier alpha value is -0.610. The fourth-order valence-corrected chi connectivity index (χ4v) is 2.94. The van der Waals surface area contributed by atoms with Crippen LogP contribution in [-0.4, -0.2) is 46.7 Å². The molecule has 2 aliphatic rings. The second-order valence-electron chi connectivity index (χ2n) is 6.05. The van der Waals surface area contributed by atoms with Crippen molar-refractivity contribution in [3.63, 3.8) is 0 Å². The Bertz CT molecular complexity index is 304. The molecule has 2 N–H and O–H groups in total. The predicted octanol–water partition coefficient (Wildman–Crippen LogP) is 1.85. The van der Waals surface area contributed by atoms with Gasteiger partial charge in [0.25, 0.3) is 0 Å². The maximum Gasteiger partial charge on any atom is 0.323 e. The summed E-state index contributed by atoms with van der Waals surface area (Å²) in [5.41, 5.74) is -0.748. The second-order valence-corrected chi connectivity index (χ2v) is 6.05. The van der Waals surface area contributed by atoms with E-state index in [1.165, 1.54) is 19.3 Å². The number of aliphatic carboxylic acids is 1. The van der Waals surface area contributed by atoms with Crippen LogP contribution in [0, 0.1) is 0 Å². The maximum absolute atomic E-state index is 11.5. The van der Waals surface area contributed by atoms with Crippen molar-refractivity contribution in [1.82, 2.24) is 10.2 Å². The van der Waals surface area contributed by atoms with Crippen LogP contribution in [0.25, 0.3) is 0 Å². The summed E-state index contributed by atoms with van der Waals surface area (Å²) in [7, 11) is 0. The summed E-state index contributed by atoms with van der Waals surface area (Å²) >= 11 is 0. The Morgan fingerprint density at radius 2 is 2.17 bits per heavy atom. The normalized spacial score (nSPS) is 28.2. The van der Waals surface area contributed by atoms with E-state index in [4.69, 9.17) is 0 Å². The monoisotopic (exact) mass is 254 g/mol. The van der Waals surface area contributed by atoms with Crippen LogP contribution < -0.4 is 5.32 Å². The van der Waals surface area contributed by atoms with E-state index in [2.05, 4.69) is 17.1 Å². The summed E-state index contributed by atoms with van der Waals surface area (Å²) in [5.74, 6) is -0.707. The quantitative estimate of drug-likeness (QED) is 0.728. The van der Waals surface area contributed by atoms with Crippen LogP contribution >= 0.6 is 0 Å². The van der Waals surface area contributed by atoms with Gasteiger partial charge in [-0.15, -0.1) is 0 Å². The maximum atomic E-state index is 11.5. The molecule has 0 spiro atoms. The standard InChI is InChI=1S/C14H26N2O2/c1-3-12-5-4-9-16(12)10-8-14(2,13(17)18)15-11-6-7-11/h11-12,15H,3-10H2,1-2H3,(H,17,18). The number of likely N-dealkylation sites (tertiary alicyclic amines) is 1. The average Bonchev–Trinajstić information content (AvgIpc) is 3.02. The van der Waals surface area contributed by atoms with Crippen LogP contribution in [-0.2, 0) is 4.79 Å². The molecule has 104 valence electrons. The average molecular weight is 254 g/mol. The fraction of sp³-hybridized carbons (Fsp3) is 0.929. The summed E-state index contributed by atoms with van der Waals surface area (Å²) in [6, 6.07) is 1.11. The van der Waals surface area contributed by atoms with Crippen LogP contribution in [0.3, 0.4) is 0 Å². The van der Waals surface area contributed by atoms with Gasteiger partial charge in [0.1, 0.15) is 5.54 Å². The van der Waals surface area contributed by atoms with Crippen LogP contribution in [0.15, 0.2) is 0 Å². The number of carboxylic acid groups (broad SMARTS) is 1. The zero-order valence-corrected chi connectivity index (χ0v) is 11.6. The van der Waals surface area contributed by atoms with Crippen molar-refractivity contribution < 1.29 is 9.90 Å². The van der Waals surface area contributed by atoms with E-state index < -0.39 is 11.5 Å². The van der Waals surface area contributed by atoms with Crippen molar-refractivity contribution in [2.45, 2.75) is 70.0 Å². The lowest BCUT2D eigenvalue weighted by atomic mass is 9.97. The summed E-state index contributed by atoms with van der Waals surface area (Å²) in [5, 5.41) is 12.7. The van der Waals surface area contributed by atoms with E-state index in [1.54, 1.807) is 0 Å². The molecule has 0 bridgehead atoms. The van der Waals surface area contributed by atoms with Crippen molar-refractivity contribution >= 4 is 5.97 Å². The molecule has 2 unspecified atom stereocenters. The molecule has 18 heavy (non-hydrogen) atoms. The Balaban J connectivity index is 1.86. The third kappa shape index (κ3) is 3.23. The number of hydrogen-bond acceptors (Lipinski definition) is 3. The van der Waals surface area contributed by atoms with E-state index in [0.29, 0.717) is 18.5 Å². The third-order valence-corrected chi connectivity index (χ3v) is 4.44. The Labute approximate surface area is 110 Å². The minimum Gasteiger partial charge on any atom is -0.480 e. The van der Waals surface area contributed by atoms with Gasteiger partial charge in [-0.2, -0.15) is 0 Å². The van der Waals surface area contributed by atoms with Crippen LogP contribution in [0.2, 0.25) is 0 Å². The van der Waals surface area contributed by atoms with Crippen LogP contribution in [0.4, 0.5) is 0 Å². The molecular formula is C14H26N2O2. The minimum absolute atomic E-state index is 0.437. The Morgan fingerprint density at radius 3 is 2.72 bits per heavy atom. The van der Waals surface area contributed by atoms with Gasteiger partial charge in [0, 0.05) is 18.6 Å². The lowest BCUT2D eigenvalue weighted by molar-refractivity contribution is -0.144. The van der Waals surface area contributed by atoms with E-state index in [9.17, 15) is 9.90 Å². The molecule has 2 atom stereocenters. The first kappa shape index (κ1) is 13.8.